The first-order valence-electron chi connectivity index (χ1n) is 8.85. The highest BCUT2D eigenvalue weighted by molar-refractivity contribution is 5.52. The Balaban J connectivity index is 0.000000129. The molecule has 0 aromatic heterocycles. The van der Waals surface area contributed by atoms with Gasteiger partial charge in [-0.1, -0.05) is 66.7 Å². The smallest absolute Gasteiger partial charge is 0.0372 e. The molecule has 0 unspecified atom stereocenters. The van der Waals surface area contributed by atoms with Gasteiger partial charge in [0.05, 0.1) is 0 Å². The molecule has 1 aliphatic carbocycles. The number of benzene rings is 3. The summed E-state index contributed by atoms with van der Waals surface area (Å²) in [6, 6.07) is 26.0. The standard InChI is InChI=1S/C14H12.C9H11N/c1-2-6-12-10-14-8-4-3-7-13(14)9-11(12)5-1;1-2-6-9-8(4-1)5-3-7-10-9/h1-8H,9-10H2;1-2,4,6,10H,3,5,7H2. The van der Waals surface area contributed by atoms with Gasteiger partial charge < -0.3 is 5.32 Å². The third-order valence-corrected chi connectivity index (χ3v) is 4.95. The average molecular weight is 313 g/mol. The van der Waals surface area contributed by atoms with Gasteiger partial charge in [-0.15, -0.1) is 0 Å². The van der Waals surface area contributed by atoms with Crippen LogP contribution in [-0.2, 0) is 19.3 Å². The van der Waals surface area contributed by atoms with Gasteiger partial charge in [-0.05, 0) is 59.6 Å². The SMILES string of the molecule is c1ccc2c(c1)CCCN2.c1ccc2c(c1)Cc1ccccc1C2. The minimum atomic E-state index is 1.10. The number of rotatable bonds is 0. The third kappa shape index (κ3) is 3.21. The van der Waals surface area contributed by atoms with Gasteiger partial charge in [0.2, 0.25) is 0 Å². The van der Waals surface area contributed by atoms with Crippen LogP contribution in [0.25, 0.3) is 0 Å². The average Bonchev–Trinajstić information content (AvgIpc) is 2.67. The van der Waals surface area contributed by atoms with E-state index in [9.17, 15) is 0 Å². The minimum Gasteiger partial charge on any atom is -0.385 e. The lowest BCUT2D eigenvalue weighted by atomic mass is 9.86. The van der Waals surface area contributed by atoms with Crippen LogP contribution in [-0.4, -0.2) is 6.54 Å². The molecule has 0 bridgehead atoms. The minimum absolute atomic E-state index is 1.10. The summed E-state index contributed by atoms with van der Waals surface area (Å²) in [5.41, 5.74) is 8.76. The van der Waals surface area contributed by atoms with Crippen molar-refractivity contribution in [3.63, 3.8) is 0 Å². The third-order valence-electron chi connectivity index (χ3n) is 4.95. The van der Waals surface area contributed by atoms with Crippen LogP contribution < -0.4 is 5.32 Å². The van der Waals surface area contributed by atoms with Crippen molar-refractivity contribution in [2.24, 2.45) is 0 Å². The number of hydrogen-bond donors (Lipinski definition) is 1. The molecule has 0 fully saturated rings. The molecular weight excluding hydrogens is 290 g/mol. The van der Waals surface area contributed by atoms with Crippen molar-refractivity contribution < 1.29 is 0 Å². The maximum atomic E-state index is 3.36. The Hall–Kier alpha value is -2.54. The summed E-state index contributed by atoms with van der Waals surface area (Å²) >= 11 is 0. The predicted molar refractivity (Wildman–Crippen MR) is 102 cm³/mol. The van der Waals surface area contributed by atoms with Crippen molar-refractivity contribution in [2.75, 3.05) is 11.9 Å². The van der Waals surface area contributed by atoms with Crippen molar-refractivity contribution >= 4 is 5.69 Å². The summed E-state index contributed by atoms with van der Waals surface area (Å²) in [6.45, 7) is 1.14. The number of para-hydroxylation sites is 1. The summed E-state index contributed by atoms with van der Waals surface area (Å²) < 4.78 is 0. The molecule has 3 aromatic carbocycles. The molecule has 120 valence electrons. The van der Waals surface area contributed by atoms with E-state index in [4.69, 9.17) is 0 Å². The maximum absolute atomic E-state index is 3.36. The fourth-order valence-corrected chi connectivity index (χ4v) is 3.63. The molecule has 2 aliphatic rings. The molecule has 1 N–H and O–H groups in total. The van der Waals surface area contributed by atoms with E-state index in [1.54, 1.807) is 0 Å². The van der Waals surface area contributed by atoms with Gasteiger partial charge in [0.15, 0.2) is 0 Å². The first kappa shape index (κ1) is 15.0. The van der Waals surface area contributed by atoms with E-state index >= 15 is 0 Å². The largest absolute Gasteiger partial charge is 0.385 e. The van der Waals surface area contributed by atoms with E-state index in [0.717, 1.165) is 19.4 Å². The second kappa shape index (κ2) is 6.92. The molecule has 1 heterocycles. The van der Waals surface area contributed by atoms with Crippen LogP contribution in [0.1, 0.15) is 34.2 Å². The maximum Gasteiger partial charge on any atom is 0.0372 e. The van der Waals surface area contributed by atoms with E-state index in [1.165, 1.54) is 46.3 Å². The topological polar surface area (TPSA) is 12.0 Å². The zero-order chi connectivity index (χ0) is 16.2. The lowest BCUT2D eigenvalue weighted by Gasteiger charge is -2.18. The summed E-state index contributed by atoms with van der Waals surface area (Å²) in [5, 5.41) is 3.36. The second-order valence-electron chi connectivity index (χ2n) is 6.58. The van der Waals surface area contributed by atoms with Gasteiger partial charge in [0, 0.05) is 12.2 Å². The van der Waals surface area contributed by atoms with Crippen LogP contribution in [0.3, 0.4) is 0 Å². The highest BCUT2D eigenvalue weighted by Crippen LogP contribution is 2.26. The highest BCUT2D eigenvalue weighted by atomic mass is 14.9. The molecule has 0 saturated carbocycles. The Kier molecular flexibility index (Phi) is 4.33. The Morgan fingerprint density at radius 3 is 1.50 bits per heavy atom. The van der Waals surface area contributed by atoms with E-state index in [0.29, 0.717) is 0 Å². The van der Waals surface area contributed by atoms with Crippen LogP contribution in [0.2, 0.25) is 0 Å². The molecule has 24 heavy (non-hydrogen) atoms. The summed E-state index contributed by atoms with van der Waals surface area (Å²) in [6.07, 6.45) is 4.72. The fourth-order valence-electron chi connectivity index (χ4n) is 3.63. The molecule has 0 spiro atoms. The van der Waals surface area contributed by atoms with Crippen LogP contribution in [0.4, 0.5) is 5.69 Å². The highest BCUT2D eigenvalue weighted by Gasteiger charge is 2.13. The van der Waals surface area contributed by atoms with Gasteiger partial charge in [0.25, 0.3) is 0 Å². The molecule has 0 saturated heterocycles. The Morgan fingerprint density at radius 1 is 0.542 bits per heavy atom. The van der Waals surface area contributed by atoms with E-state index in [2.05, 4.69) is 78.1 Å². The lowest BCUT2D eigenvalue weighted by molar-refractivity contribution is 0.830. The zero-order valence-corrected chi connectivity index (χ0v) is 14.0. The summed E-state index contributed by atoms with van der Waals surface area (Å²) in [4.78, 5) is 0. The number of aryl methyl sites for hydroxylation is 1. The fraction of sp³-hybridized carbons (Fsp3) is 0.217. The monoisotopic (exact) mass is 313 g/mol. The number of hydrogen-bond acceptors (Lipinski definition) is 1. The summed E-state index contributed by atoms with van der Waals surface area (Å²) in [5.74, 6) is 0. The molecule has 3 aromatic rings. The quantitative estimate of drug-likeness (QED) is 0.469. The van der Waals surface area contributed by atoms with Crippen molar-refractivity contribution in [1.29, 1.82) is 0 Å². The summed E-state index contributed by atoms with van der Waals surface area (Å²) in [7, 11) is 0. The lowest BCUT2D eigenvalue weighted by Crippen LogP contribution is -2.10. The Morgan fingerprint density at radius 2 is 1.00 bits per heavy atom. The molecule has 5 rings (SSSR count). The van der Waals surface area contributed by atoms with Crippen molar-refractivity contribution in [1.82, 2.24) is 0 Å². The van der Waals surface area contributed by atoms with Crippen molar-refractivity contribution in [3.8, 4) is 0 Å². The van der Waals surface area contributed by atoms with Gasteiger partial charge in [-0.3, -0.25) is 0 Å². The zero-order valence-electron chi connectivity index (χ0n) is 14.0. The Bertz CT molecular complexity index is 722. The van der Waals surface area contributed by atoms with Gasteiger partial charge in [-0.25, -0.2) is 0 Å². The number of anilines is 1. The van der Waals surface area contributed by atoms with Gasteiger partial charge in [0.1, 0.15) is 0 Å². The molecule has 0 amide bonds. The molecule has 1 aliphatic heterocycles. The first-order valence-corrected chi connectivity index (χ1v) is 8.85. The van der Waals surface area contributed by atoms with E-state index < -0.39 is 0 Å². The normalized spacial score (nSPS) is 14.2. The van der Waals surface area contributed by atoms with Crippen LogP contribution in [0.5, 0.6) is 0 Å². The molecular formula is C23H23N. The van der Waals surface area contributed by atoms with Crippen molar-refractivity contribution in [3.05, 3.63) is 101 Å². The first-order chi connectivity index (χ1) is 11.9. The van der Waals surface area contributed by atoms with Gasteiger partial charge >= 0.3 is 0 Å². The molecule has 1 nitrogen and oxygen atoms in total. The predicted octanol–water partition coefficient (Wildman–Crippen LogP) is 5.23. The molecule has 0 radical (unpaired) electrons. The number of nitrogens with one attached hydrogen (secondary N) is 1. The Labute approximate surface area is 144 Å². The second-order valence-corrected chi connectivity index (χ2v) is 6.58. The van der Waals surface area contributed by atoms with E-state index in [-0.39, 0.29) is 0 Å². The van der Waals surface area contributed by atoms with Crippen LogP contribution >= 0.6 is 0 Å². The van der Waals surface area contributed by atoms with Crippen LogP contribution in [0.15, 0.2) is 72.8 Å². The molecule has 0 atom stereocenters. The molecule has 1 heteroatoms. The van der Waals surface area contributed by atoms with E-state index in [1.807, 2.05) is 0 Å². The van der Waals surface area contributed by atoms with Crippen LogP contribution in [0, 0.1) is 0 Å². The number of fused-ring (bicyclic) bond motifs is 3. The van der Waals surface area contributed by atoms with Gasteiger partial charge in [-0.2, -0.15) is 0 Å². The van der Waals surface area contributed by atoms with Crippen molar-refractivity contribution in [2.45, 2.75) is 25.7 Å².